The van der Waals surface area contributed by atoms with Crippen molar-refractivity contribution in [1.82, 2.24) is 9.80 Å². The molecule has 2 aliphatic rings. The molecule has 7 heteroatoms. The molecule has 2 aromatic rings. The van der Waals surface area contributed by atoms with Crippen LogP contribution in [0.4, 0.5) is 5.69 Å². The minimum absolute atomic E-state index is 0.0384. The van der Waals surface area contributed by atoms with E-state index in [9.17, 15) is 9.59 Å². The molecule has 1 N–H and O–H groups in total. The summed E-state index contributed by atoms with van der Waals surface area (Å²) >= 11 is 0. The number of hydrogen-bond acceptors (Lipinski definition) is 5. The van der Waals surface area contributed by atoms with Gasteiger partial charge in [0.2, 0.25) is 12.7 Å². The Hall–Kier alpha value is -3.06. The third-order valence-corrected chi connectivity index (χ3v) is 5.27. The number of carbonyl (C=O) groups excluding carboxylic acids is 2. The van der Waals surface area contributed by atoms with Crippen molar-refractivity contribution in [1.29, 1.82) is 0 Å². The van der Waals surface area contributed by atoms with Gasteiger partial charge in [-0.05, 0) is 42.3 Å². The molecule has 1 fully saturated rings. The smallest absolute Gasteiger partial charge is 0.254 e. The van der Waals surface area contributed by atoms with Gasteiger partial charge in [-0.2, -0.15) is 0 Å². The number of anilines is 1. The van der Waals surface area contributed by atoms with Gasteiger partial charge in [0.1, 0.15) is 0 Å². The number of nitrogens with zero attached hydrogens (tertiary/aromatic N) is 2. The molecule has 2 aromatic carbocycles. The molecule has 0 atom stereocenters. The SMILES string of the molecule is CC(=O)Nc1ccc(CCN2CCN(C(=O)c3ccc4c(c3)OCO4)CC2)cc1. The minimum atomic E-state index is -0.0640. The number of nitrogens with one attached hydrogen (secondary N) is 1. The van der Waals surface area contributed by atoms with Crippen LogP contribution in [0.25, 0.3) is 0 Å². The van der Waals surface area contributed by atoms with E-state index in [0.717, 1.165) is 44.8 Å². The second-order valence-corrected chi connectivity index (χ2v) is 7.33. The lowest BCUT2D eigenvalue weighted by atomic mass is 10.1. The number of hydrogen-bond donors (Lipinski definition) is 1. The molecule has 1 saturated heterocycles. The highest BCUT2D eigenvalue weighted by molar-refractivity contribution is 5.95. The van der Waals surface area contributed by atoms with Crippen LogP contribution in [-0.2, 0) is 11.2 Å². The minimum Gasteiger partial charge on any atom is -0.454 e. The largest absolute Gasteiger partial charge is 0.454 e. The highest BCUT2D eigenvalue weighted by Gasteiger charge is 2.24. The Morgan fingerprint density at radius 3 is 2.41 bits per heavy atom. The lowest BCUT2D eigenvalue weighted by Gasteiger charge is -2.34. The van der Waals surface area contributed by atoms with Gasteiger partial charge in [-0.3, -0.25) is 14.5 Å². The maximum atomic E-state index is 12.8. The quantitative estimate of drug-likeness (QED) is 0.842. The monoisotopic (exact) mass is 395 g/mol. The molecule has 2 heterocycles. The zero-order valence-corrected chi connectivity index (χ0v) is 16.5. The molecule has 0 aliphatic carbocycles. The number of fused-ring (bicyclic) bond motifs is 1. The van der Waals surface area contributed by atoms with Gasteiger partial charge in [0.05, 0.1) is 0 Å². The third-order valence-electron chi connectivity index (χ3n) is 5.27. The van der Waals surface area contributed by atoms with Crippen molar-refractivity contribution >= 4 is 17.5 Å². The summed E-state index contributed by atoms with van der Waals surface area (Å²) in [6.07, 6.45) is 0.941. The van der Waals surface area contributed by atoms with Gasteiger partial charge in [0.25, 0.3) is 5.91 Å². The number of piperazine rings is 1. The second kappa shape index (κ2) is 8.53. The highest BCUT2D eigenvalue weighted by Crippen LogP contribution is 2.32. The first-order valence-electron chi connectivity index (χ1n) is 9.86. The number of benzene rings is 2. The first-order chi connectivity index (χ1) is 14.1. The molecule has 0 spiro atoms. The van der Waals surface area contributed by atoms with Crippen molar-refractivity contribution in [2.24, 2.45) is 0 Å². The van der Waals surface area contributed by atoms with Crippen molar-refractivity contribution in [3.63, 3.8) is 0 Å². The maximum absolute atomic E-state index is 12.8. The van der Waals surface area contributed by atoms with Crippen LogP contribution in [0.2, 0.25) is 0 Å². The van der Waals surface area contributed by atoms with Gasteiger partial charge in [0.15, 0.2) is 11.5 Å². The zero-order valence-electron chi connectivity index (χ0n) is 16.5. The second-order valence-electron chi connectivity index (χ2n) is 7.33. The Morgan fingerprint density at radius 2 is 1.69 bits per heavy atom. The van der Waals surface area contributed by atoms with Crippen molar-refractivity contribution in [2.75, 3.05) is 44.8 Å². The average molecular weight is 395 g/mol. The Bertz CT molecular complexity index is 889. The first kappa shape index (κ1) is 19.3. The summed E-state index contributed by atoms with van der Waals surface area (Å²) in [6, 6.07) is 13.3. The van der Waals surface area contributed by atoms with Crippen LogP contribution in [0.15, 0.2) is 42.5 Å². The fourth-order valence-electron chi connectivity index (χ4n) is 3.63. The van der Waals surface area contributed by atoms with Gasteiger partial charge < -0.3 is 19.7 Å². The van der Waals surface area contributed by atoms with Crippen LogP contribution in [0, 0.1) is 0 Å². The highest BCUT2D eigenvalue weighted by atomic mass is 16.7. The van der Waals surface area contributed by atoms with Gasteiger partial charge in [-0.15, -0.1) is 0 Å². The van der Waals surface area contributed by atoms with Crippen molar-refractivity contribution in [2.45, 2.75) is 13.3 Å². The molecule has 0 saturated carbocycles. The summed E-state index contributed by atoms with van der Waals surface area (Å²) in [7, 11) is 0. The maximum Gasteiger partial charge on any atom is 0.254 e. The van der Waals surface area contributed by atoms with E-state index in [1.54, 1.807) is 18.2 Å². The van der Waals surface area contributed by atoms with E-state index in [0.29, 0.717) is 17.1 Å². The number of ether oxygens (including phenoxy) is 2. The van der Waals surface area contributed by atoms with Gasteiger partial charge in [0, 0.05) is 50.9 Å². The number of rotatable bonds is 5. The molecular formula is C22H25N3O4. The summed E-state index contributed by atoms with van der Waals surface area (Å²) < 4.78 is 10.7. The molecule has 0 bridgehead atoms. The molecule has 152 valence electrons. The van der Waals surface area contributed by atoms with Crippen molar-refractivity contribution in [3.8, 4) is 11.5 Å². The van der Waals surface area contributed by atoms with Gasteiger partial charge in [-0.1, -0.05) is 12.1 Å². The third kappa shape index (κ3) is 4.68. The topological polar surface area (TPSA) is 71.1 Å². The summed E-state index contributed by atoms with van der Waals surface area (Å²) in [5.41, 5.74) is 2.69. The van der Waals surface area contributed by atoms with Crippen LogP contribution in [-0.4, -0.2) is 61.1 Å². The van der Waals surface area contributed by atoms with E-state index < -0.39 is 0 Å². The Morgan fingerprint density at radius 1 is 0.966 bits per heavy atom. The van der Waals surface area contributed by atoms with E-state index >= 15 is 0 Å². The van der Waals surface area contributed by atoms with Gasteiger partial charge in [-0.25, -0.2) is 0 Å². The van der Waals surface area contributed by atoms with Crippen LogP contribution in [0.3, 0.4) is 0 Å². The molecular weight excluding hydrogens is 370 g/mol. The molecule has 7 nitrogen and oxygen atoms in total. The predicted molar refractivity (Wildman–Crippen MR) is 109 cm³/mol. The standard InChI is InChI=1S/C22H25N3O4/c1-16(26)23-19-5-2-17(3-6-19)8-9-24-10-12-25(13-11-24)22(27)18-4-7-20-21(14-18)29-15-28-20/h2-7,14H,8-13,15H2,1H3,(H,23,26). The molecule has 0 radical (unpaired) electrons. The van der Waals surface area contributed by atoms with Crippen molar-refractivity contribution < 1.29 is 19.1 Å². The molecule has 0 aromatic heterocycles. The van der Waals surface area contributed by atoms with E-state index in [4.69, 9.17) is 9.47 Å². The molecule has 2 amide bonds. The first-order valence-corrected chi connectivity index (χ1v) is 9.86. The van der Waals surface area contributed by atoms with Crippen molar-refractivity contribution in [3.05, 3.63) is 53.6 Å². The van der Waals surface area contributed by atoms with E-state index in [2.05, 4.69) is 10.2 Å². The summed E-state index contributed by atoms with van der Waals surface area (Å²) in [6.45, 7) is 5.82. The Labute approximate surface area is 170 Å². The number of carbonyl (C=O) groups is 2. The normalized spacial score (nSPS) is 16.0. The fraction of sp³-hybridized carbons (Fsp3) is 0.364. The fourth-order valence-corrected chi connectivity index (χ4v) is 3.63. The Kier molecular flexibility index (Phi) is 5.67. The van der Waals surface area contributed by atoms with Crippen LogP contribution in [0.5, 0.6) is 11.5 Å². The summed E-state index contributed by atoms with van der Waals surface area (Å²) in [5.74, 6) is 1.30. The van der Waals surface area contributed by atoms with Crippen LogP contribution in [0.1, 0.15) is 22.8 Å². The number of amides is 2. The van der Waals surface area contributed by atoms with Gasteiger partial charge >= 0.3 is 0 Å². The molecule has 0 unspecified atom stereocenters. The zero-order chi connectivity index (χ0) is 20.2. The molecule has 29 heavy (non-hydrogen) atoms. The van der Waals surface area contributed by atoms with E-state index in [1.165, 1.54) is 12.5 Å². The average Bonchev–Trinajstić information content (AvgIpc) is 3.20. The molecule has 4 rings (SSSR count). The van der Waals surface area contributed by atoms with Crippen LogP contribution >= 0.6 is 0 Å². The summed E-state index contributed by atoms with van der Waals surface area (Å²) in [5, 5.41) is 2.78. The molecule has 2 aliphatic heterocycles. The van der Waals surface area contributed by atoms with Crippen LogP contribution < -0.4 is 14.8 Å². The lowest BCUT2D eigenvalue weighted by Crippen LogP contribution is -2.49. The van der Waals surface area contributed by atoms with E-state index in [-0.39, 0.29) is 18.6 Å². The predicted octanol–water partition coefficient (Wildman–Crippen LogP) is 2.37. The Balaban J connectivity index is 1.25. The lowest BCUT2D eigenvalue weighted by molar-refractivity contribution is -0.114. The van der Waals surface area contributed by atoms with E-state index in [1.807, 2.05) is 29.2 Å². The summed E-state index contributed by atoms with van der Waals surface area (Å²) in [4.78, 5) is 28.1.